The van der Waals surface area contributed by atoms with Crippen molar-refractivity contribution in [1.82, 2.24) is 5.32 Å². The highest BCUT2D eigenvalue weighted by Crippen LogP contribution is 2.28. The van der Waals surface area contributed by atoms with Gasteiger partial charge >= 0.3 is 0 Å². The number of benzene rings is 2. The maximum Gasteiger partial charge on any atom is 0.255 e. The van der Waals surface area contributed by atoms with Crippen LogP contribution in [0, 0.1) is 0 Å². The Balaban J connectivity index is 1.87. The summed E-state index contributed by atoms with van der Waals surface area (Å²) in [5, 5.41) is 6.61. The van der Waals surface area contributed by atoms with E-state index in [0.29, 0.717) is 26.9 Å². The third kappa shape index (κ3) is 5.46. The molecule has 1 fully saturated rings. The fourth-order valence-electron chi connectivity index (χ4n) is 3.45. The van der Waals surface area contributed by atoms with E-state index < -0.39 is 0 Å². The third-order valence-corrected chi connectivity index (χ3v) is 6.11. The topological polar surface area (TPSA) is 61.4 Å². The SMILES string of the molecule is CCC(C)NC(=O)c1cc(NC(=O)c2ccc(Cl)c(Cl)c2)ccc1N1CCCCC1. The number of rotatable bonds is 6. The predicted octanol–water partition coefficient (Wildman–Crippen LogP) is 5.76. The van der Waals surface area contributed by atoms with Crippen LogP contribution in [0.1, 0.15) is 60.2 Å². The van der Waals surface area contributed by atoms with Crippen molar-refractivity contribution in [2.45, 2.75) is 45.6 Å². The van der Waals surface area contributed by atoms with Gasteiger partial charge in [0.05, 0.1) is 15.6 Å². The first-order valence-electron chi connectivity index (χ1n) is 10.3. The minimum atomic E-state index is -0.312. The Kier molecular flexibility index (Phi) is 7.62. The lowest BCUT2D eigenvalue weighted by molar-refractivity contribution is 0.0938. The van der Waals surface area contributed by atoms with Crippen LogP contribution in [-0.2, 0) is 0 Å². The summed E-state index contributed by atoms with van der Waals surface area (Å²) in [5.74, 6) is -0.442. The second-order valence-corrected chi connectivity index (χ2v) is 8.46. The molecule has 3 rings (SSSR count). The number of carbonyl (C=O) groups excluding carboxylic acids is 2. The van der Waals surface area contributed by atoms with Gasteiger partial charge in [-0.15, -0.1) is 0 Å². The van der Waals surface area contributed by atoms with Crippen molar-refractivity contribution in [2.24, 2.45) is 0 Å². The van der Waals surface area contributed by atoms with Crippen LogP contribution in [0.5, 0.6) is 0 Å². The van der Waals surface area contributed by atoms with Crippen molar-refractivity contribution in [1.29, 1.82) is 0 Å². The standard InChI is InChI=1S/C23H27Cl2N3O2/c1-3-15(2)26-23(30)18-14-17(8-10-21(18)28-11-5-4-6-12-28)27-22(29)16-7-9-19(24)20(25)13-16/h7-10,13-15H,3-6,11-12H2,1-2H3,(H,26,30)(H,27,29). The molecule has 0 aromatic heterocycles. The fourth-order valence-corrected chi connectivity index (χ4v) is 3.75. The molecule has 1 saturated heterocycles. The maximum atomic E-state index is 13.0. The number of hydrogen-bond acceptors (Lipinski definition) is 3. The van der Waals surface area contributed by atoms with Crippen molar-refractivity contribution < 1.29 is 9.59 Å². The summed E-state index contributed by atoms with van der Waals surface area (Å²) in [6.45, 7) is 5.87. The molecule has 160 valence electrons. The number of anilines is 2. The summed E-state index contributed by atoms with van der Waals surface area (Å²) in [4.78, 5) is 27.9. The summed E-state index contributed by atoms with van der Waals surface area (Å²) in [6.07, 6.45) is 4.28. The molecule has 2 aromatic carbocycles. The van der Waals surface area contributed by atoms with Gasteiger partial charge in [0.25, 0.3) is 11.8 Å². The van der Waals surface area contributed by atoms with Crippen LogP contribution >= 0.6 is 23.2 Å². The molecule has 7 heteroatoms. The molecular formula is C23H27Cl2N3O2. The number of nitrogens with zero attached hydrogens (tertiary/aromatic N) is 1. The zero-order valence-electron chi connectivity index (χ0n) is 17.3. The molecule has 30 heavy (non-hydrogen) atoms. The number of amides is 2. The molecule has 0 radical (unpaired) electrons. The highest BCUT2D eigenvalue weighted by atomic mass is 35.5. The Hall–Kier alpha value is -2.24. The average molecular weight is 448 g/mol. The molecule has 0 aliphatic carbocycles. The van der Waals surface area contributed by atoms with Crippen molar-refractivity contribution in [3.8, 4) is 0 Å². The van der Waals surface area contributed by atoms with Gasteiger partial charge in [0.2, 0.25) is 0 Å². The lowest BCUT2D eigenvalue weighted by Crippen LogP contribution is -2.35. The van der Waals surface area contributed by atoms with Gasteiger partial charge < -0.3 is 15.5 Å². The van der Waals surface area contributed by atoms with E-state index >= 15 is 0 Å². The van der Waals surface area contributed by atoms with Gasteiger partial charge in [0.15, 0.2) is 0 Å². The Labute approximate surface area is 187 Å². The number of hydrogen-bond donors (Lipinski definition) is 2. The monoisotopic (exact) mass is 447 g/mol. The van der Waals surface area contributed by atoms with Gasteiger partial charge in [-0.25, -0.2) is 0 Å². The van der Waals surface area contributed by atoms with E-state index in [9.17, 15) is 9.59 Å². The Morgan fingerprint density at radius 2 is 1.73 bits per heavy atom. The van der Waals surface area contributed by atoms with Gasteiger partial charge in [-0.05, 0) is 69.0 Å². The number of carbonyl (C=O) groups is 2. The van der Waals surface area contributed by atoms with Gasteiger partial charge in [-0.2, -0.15) is 0 Å². The molecule has 1 atom stereocenters. The van der Waals surface area contributed by atoms with E-state index in [1.807, 2.05) is 26.0 Å². The number of piperidine rings is 1. The molecule has 0 bridgehead atoms. The zero-order chi connectivity index (χ0) is 21.7. The predicted molar refractivity (Wildman–Crippen MR) is 124 cm³/mol. The van der Waals surface area contributed by atoms with E-state index in [-0.39, 0.29) is 17.9 Å². The van der Waals surface area contributed by atoms with E-state index in [2.05, 4.69) is 15.5 Å². The van der Waals surface area contributed by atoms with Crippen LogP contribution < -0.4 is 15.5 Å². The van der Waals surface area contributed by atoms with Crippen LogP contribution in [0.15, 0.2) is 36.4 Å². The van der Waals surface area contributed by atoms with E-state index in [1.165, 1.54) is 12.5 Å². The van der Waals surface area contributed by atoms with E-state index in [4.69, 9.17) is 23.2 Å². The Morgan fingerprint density at radius 1 is 1.00 bits per heavy atom. The van der Waals surface area contributed by atoms with Crippen LogP contribution in [0.2, 0.25) is 10.0 Å². The first-order valence-corrected chi connectivity index (χ1v) is 11.1. The van der Waals surface area contributed by atoms with Gasteiger partial charge in [0.1, 0.15) is 0 Å². The minimum Gasteiger partial charge on any atom is -0.371 e. The summed E-state index contributed by atoms with van der Waals surface area (Å²) in [7, 11) is 0. The highest BCUT2D eigenvalue weighted by Gasteiger charge is 2.21. The lowest BCUT2D eigenvalue weighted by atomic mass is 10.0. The maximum absolute atomic E-state index is 13.0. The first-order chi connectivity index (χ1) is 14.4. The number of halogens is 2. The van der Waals surface area contributed by atoms with Crippen molar-refractivity contribution in [2.75, 3.05) is 23.3 Å². The normalized spacial score (nSPS) is 14.9. The molecule has 1 aliphatic heterocycles. The summed E-state index contributed by atoms with van der Waals surface area (Å²) >= 11 is 12.0. The summed E-state index contributed by atoms with van der Waals surface area (Å²) in [6, 6.07) is 10.3. The number of nitrogens with one attached hydrogen (secondary N) is 2. The zero-order valence-corrected chi connectivity index (χ0v) is 18.8. The van der Waals surface area contributed by atoms with Crippen molar-refractivity contribution in [3.05, 3.63) is 57.6 Å². The lowest BCUT2D eigenvalue weighted by Gasteiger charge is -2.31. The van der Waals surface area contributed by atoms with Crippen molar-refractivity contribution >= 4 is 46.4 Å². The minimum absolute atomic E-state index is 0.0705. The molecule has 0 spiro atoms. The van der Waals surface area contributed by atoms with Gasteiger partial charge in [-0.1, -0.05) is 30.1 Å². The quantitative estimate of drug-likeness (QED) is 0.590. The third-order valence-electron chi connectivity index (χ3n) is 5.37. The molecular weight excluding hydrogens is 421 g/mol. The molecule has 1 unspecified atom stereocenters. The van der Waals surface area contributed by atoms with E-state index in [0.717, 1.165) is 38.0 Å². The molecule has 1 aliphatic rings. The van der Waals surface area contributed by atoms with Crippen LogP contribution in [0.4, 0.5) is 11.4 Å². The Morgan fingerprint density at radius 3 is 2.40 bits per heavy atom. The molecule has 0 saturated carbocycles. The summed E-state index contributed by atoms with van der Waals surface area (Å²) in [5.41, 5.74) is 2.43. The van der Waals surface area contributed by atoms with Gasteiger partial charge in [0, 0.05) is 36.1 Å². The molecule has 2 N–H and O–H groups in total. The van der Waals surface area contributed by atoms with Gasteiger partial charge in [-0.3, -0.25) is 9.59 Å². The smallest absolute Gasteiger partial charge is 0.255 e. The molecule has 5 nitrogen and oxygen atoms in total. The van der Waals surface area contributed by atoms with Crippen molar-refractivity contribution in [3.63, 3.8) is 0 Å². The van der Waals surface area contributed by atoms with Crippen LogP contribution in [0.3, 0.4) is 0 Å². The Bertz CT molecular complexity index is 927. The first kappa shape index (κ1) is 22.4. The summed E-state index contributed by atoms with van der Waals surface area (Å²) < 4.78 is 0. The molecule has 1 heterocycles. The molecule has 2 aromatic rings. The second kappa shape index (κ2) is 10.2. The van der Waals surface area contributed by atoms with Crippen LogP contribution in [0.25, 0.3) is 0 Å². The highest BCUT2D eigenvalue weighted by molar-refractivity contribution is 6.42. The molecule has 2 amide bonds. The second-order valence-electron chi connectivity index (χ2n) is 7.65. The fraction of sp³-hybridized carbons (Fsp3) is 0.391. The van der Waals surface area contributed by atoms with Crippen LogP contribution in [-0.4, -0.2) is 30.9 Å². The average Bonchev–Trinajstić information content (AvgIpc) is 2.76. The van der Waals surface area contributed by atoms with E-state index in [1.54, 1.807) is 18.2 Å². The largest absolute Gasteiger partial charge is 0.371 e.